The number of hydrogen-bond acceptors (Lipinski definition) is 4. The first-order chi connectivity index (χ1) is 9.04. The number of aliphatic hydroxyl groups is 1. The predicted octanol–water partition coefficient (Wildman–Crippen LogP) is 1.89. The molecule has 0 amide bonds. The van der Waals surface area contributed by atoms with Crippen LogP contribution in [0.25, 0.3) is 0 Å². The first kappa shape index (κ1) is 16.2. The first-order valence-corrected chi connectivity index (χ1v) is 6.79. The van der Waals surface area contributed by atoms with Crippen molar-refractivity contribution in [3.63, 3.8) is 0 Å². The number of halogens is 1. The highest BCUT2D eigenvalue weighted by atomic mass is 35.5. The molecule has 0 saturated heterocycles. The van der Waals surface area contributed by atoms with Gasteiger partial charge in [-0.25, -0.2) is 0 Å². The van der Waals surface area contributed by atoms with Crippen LogP contribution < -0.4 is 10.2 Å². The summed E-state index contributed by atoms with van der Waals surface area (Å²) in [6.07, 6.45) is -0.378. The van der Waals surface area contributed by atoms with Gasteiger partial charge in [-0.15, -0.1) is 0 Å². The van der Waals surface area contributed by atoms with Gasteiger partial charge in [-0.1, -0.05) is 17.7 Å². The third-order valence-corrected chi connectivity index (χ3v) is 3.08. The summed E-state index contributed by atoms with van der Waals surface area (Å²) in [5.74, 6) is 0. The van der Waals surface area contributed by atoms with Crippen LogP contribution in [-0.4, -0.2) is 45.1 Å². The van der Waals surface area contributed by atoms with Crippen LogP contribution in [0.1, 0.15) is 12.5 Å². The van der Waals surface area contributed by atoms with E-state index >= 15 is 0 Å². The molecule has 0 heterocycles. The molecule has 1 atom stereocenters. The van der Waals surface area contributed by atoms with Crippen LogP contribution in [0.2, 0.25) is 5.02 Å². The normalized spacial score (nSPS) is 12.5. The van der Waals surface area contributed by atoms with Crippen LogP contribution in [0.5, 0.6) is 0 Å². The summed E-state index contributed by atoms with van der Waals surface area (Å²) in [6, 6.07) is 5.98. The number of nitrogens with one attached hydrogen (secondary N) is 1. The Morgan fingerprint density at radius 3 is 2.79 bits per heavy atom. The van der Waals surface area contributed by atoms with E-state index in [2.05, 4.69) is 5.32 Å². The fourth-order valence-corrected chi connectivity index (χ4v) is 2.22. The number of likely N-dealkylation sites (N-methyl/N-ethyl adjacent to an activating group) is 1. The summed E-state index contributed by atoms with van der Waals surface area (Å²) in [5.41, 5.74) is 2.07. The lowest BCUT2D eigenvalue weighted by Crippen LogP contribution is -2.27. The van der Waals surface area contributed by atoms with Crippen molar-refractivity contribution in [3.8, 4) is 0 Å². The molecule has 0 radical (unpaired) electrons. The van der Waals surface area contributed by atoms with Gasteiger partial charge < -0.3 is 20.1 Å². The Hall–Kier alpha value is -0.810. The maximum absolute atomic E-state index is 9.39. The van der Waals surface area contributed by atoms with Crippen LogP contribution >= 0.6 is 11.6 Å². The fraction of sp³-hybridized carbons (Fsp3) is 0.571. The van der Waals surface area contributed by atoms with Crippen molar-refractivity contribution in [2.75, 3.05) is 38.8 Å². The predicted molar refractivity (Wildman–Crippen MR) is 80.0 cm³/mol. The third-order valence-electron chi connectivity index (χ3n) is 2.77. The Morgan fingerprint density at radius 1 is 1.47 bits per heavy atom. The molecule has 0 aliphatic rings. The van der Waals surface area contributed by atoms with E-state index in [1.54, 1.807) is 14.0 Å². The topological polar surface area (TPSA) is 44.7 Å². The van der Waals surface area contributed by atoms with Crippen molar-refractivity contribution in [2.45, 2.75) is 19.6 Å². The number of ether oxygens (including phenoxy) is 1. The number of rotatable bonds is 8. The lowest BCUT2D eigenvalue weighted by Gasteiger charge is -2.22. The molecule has 19 heavy (non-hydrogen) atoms. The molecule has 4 nitrogen and oxygen atoms in total. The minimum Gasteiger partial charge on any atom is -0.392 e. The van der Waals surface area contributed by atoms with E-state index in [0.29, 0.717) is 18.2 Å². The van der Waals surface area contributed by atoms with Crippen LogP contribution in [0, 0.1) is 0 Å². The van der Waals surface area contributed by atoms with Crippen LogP contribution in [0.4, 0.5) is 5.69 Å². The molecule has 1 rings (SSSR count). The Morgan fingerprint density at radius 2 is 2.21 bits per heavy atom. The van der Waals surface area contributed by atoms with Gasteiger partial charge in [0.15, 0.2) is 0 Å². The molecule has 0 bridgehead atoms. The van der Waals surface area contributed by atoms with E-state index in [-0.39, 0.29) is 6.10 Å². The lowest BCUT2D eigenvalue weighted by atomic mass is 10.2. The van der Waals surface area contributed by atoms with Crippen molar-refractivity contribution in [3.05, 3.63) is 28.8 Å². The molecule has 0 fully saturated rings. The molecule has 0 saturated carbocycles. The molecule has 108 valence electrons. The number of aliphatic hydroxyl groups excluding tert-OH is 1. The second-order valence-electron chi connectivity index (χ2n) is 4.68. The molecule has 0 aliphatic heterocycles. The maximum atomic E-state index is 9.39. The molecular weight excluding hydrogens is 264 g/mol. The zero-order valence-corrected chi connectivity index (χ0v) is 12.6. The van der Waals surface area contributed by atoms with Gasteiger partial charge in [0.05, 0.1) is 23.4 Å². The smallest absolute Gasteiger partial charge is 0.0686 e. The number of benzene rings is 1. The van der Waals surface area contributed by atoms with E-state index < -0.39 is 0 Å². The van der Waals surface area contributed by atoms with Crippen LogP contribution in [0.15, 0.2) is 18.2 Å². The minimum absolute atomic E-state index is 0.378. The summed E-state index contributed by atoms with van der Waals surface area (Å²) in [4.78, 5) is 1.95. The molecular formula is C14H23ClN2O2. The Bertz CT molecular complexity index is 386. The second kappa shape index (κ2) is 8.38. The van der Waals surface area contributed by atoms with Gasteiger partial charge >= 0.3 is 0 Å². The summed E-state index contributed by atoms with van der Waals surface area (Å²) in [6.45, 7) is 4.61. The molecule has 0 aliphatic carbocycles. The zero-order chi connectivity index (χ0) is 14.3. The van der Waals surface area contributed by atoms with Gasteiger partial charge in [-0.05, 0) is 24.6 Å². The lowest BCUT2D eigenvalue weighted by molar-refractivity contribution is 0.199. The average molecular weight is 287 g/mol. The minimum atomic E-state index is -0.378. The van der Waals surface area contributed by atoms with Gasteiger partial charge in [0, 0.05) is 33.8 Å². The summed E-state index contributed by atoms with van der Waals surface area (Å²) in [7, 11) is 3.61. The molecule has 1 unspecified atom stereocenters. The largest absolute Gasteiger partial charge is 0.392 e. The monoisotopic (exact) mass is 286 g/mol. The first-order valence-electron chi connectivity index (χ1n) is 6.42. The van der Waals surface area contributed by atoms with E-state index in [9.17, 15) is 5.11 Å². The van der Waals surface area contributed by atoms with Crippen molar-refractivity contribution in [2.24, 2.45) is 0 Å². The van der Waals surface area contributed by atoms with Crippen molar-refractivity contribution >= 4 is 17.3 Å². The number of hydrogen-bond donors (Lipinski definition) is 2. The molecule has 1 aromatic carbocycles. The molecule has 5 heteroatoms. The molecule has 0 spiro atoms. The molecule has 1 aromatic rings. The highest BCUT2D eigenvalue weighted by molar-refractivity contribution is 6.33. The van der Waals surface area contributed by atoms with Gasteiger partial charge in [0.1, 0.15) is 0 Å². The van der Waals surface area contributed by atoms with E-state index in [1.807, 2.05) is 30.1 Å². The summed E-state index contributed by atoms with van der Waals surface area (Å²) in [5, 5.41) is 13.4. The Kier molecular flexibility index (Phi) is 7.16. The number of methoxy groups -OCH3 is 1. The second-order valence-corrected chi connectivity index (χ2v) is 5.09. The third kappa shape index (κ3) is 5.78. The van der Waals surface area contributed by atoms with Gasteiger partial charge in [0.25, 0.3) is 0 Å². The highest BCUT2D eigenvalue weighted by Crippen LogP contribution is 2.26. The van der Waals surface area contributed by atoms with Crippen molar-refractivity contribution in [1.82, 2.24) is 5.32 Å². The average Bonchev–Trinajstić information content (AvgIpc) is 2.33. The Balaban J connectivity index is 2.58. The highest BCUT2D eigenvalue weighted by Gasteiger charge is 2.09. The fourth-order valence-electron chi connectivity index (χ4n) is 1.87. The van der Waals surface area contributed by atoms with Gasteiger partial charge in [-0.2, -0.15) is 0 Å². The number of anilines is 1. The maximum Gasteiger partial charge on any atom is 0.0686 e. The standard InChI is InChI=1S/C14H23ClN2O2/c1-11(18)10-17(2)14-5-4-12(8-13(14)15)9-16-6-7-19-3/h4-5,8,11,16,18H,6-7,9-10H2,1-3H3. The van der Waals surface area contributed by atoms with E-state index in [4.69, 9.17) is 16.3 Å². The van der Waals surface area contributed by atoms with Crippen molar-refractivity contribution in [1.29, 1.82) is 0 Å². The van der Waals surface area contributed by atoms with Gasteiger partial charge in [-0.3, -0.25) is 0 Å². The van der Waals surface area contributed by atoms with Crippen molar-refractivity contribution < 1.29 is 9.84 Å². The summed E-state index contributed by atoms with van der Waals surface area (Å²) < 4.78 is 4.97. The molecule has 2 N–H and O–H groups in total. The summed E-state index contributed by atoms with van der Waals surface area (Å²) >= 11 is 6.27. The number of nitrogens with zero attached hydrogens (tertiary/aromatic N) is 1. The molecule has 0 aromatic heterocycles. The Labute approximate surface area is 120 Å². The van der Waals surface area contributed by atoms with E-state index in [0.717, 1.165) is 24.3 Å². The van der Waals surface area contributed by atoms with E-state index in [1.165, 1.54) is 0 Å². The van der Waals surface area contributed by atoms with Gasteiger partial charge in [0.2, 0.25) is 0 Å². The SMILES string of the molecule is COCCNCc1ccc(N(C)CC(C)O)c(Cl)c1. The van der Waals surface area contributed by atoms with Crippen LogP contribution in [0.3, 0.4) is 0 Å². The van der Waals surface area contributed by atoms with Crippen LogP contribution in [-0.2, 0) is 11.3 Å². The quantitative estimate of drug-likeness (QED) is 0.717. The zero-order valence-electron chi connectivity index (χ0n) is 11.8.